The number of ether oxygens (including phenoxy) is 1. The zero-order chi connectivity index (χ0) is 19.5. The van der Waals surface area contributed by atoms with E-state index in [0.29, 0.717) is 28.7 Å². The van der Waals surface area contributed by atoms with Crippen LogP contribution >= 0.6 is 11.6 Å². The molecule has 0 amide bonds. The molecule has 0 saturated carbocycles. The molecule has 1 aromatic carbocycles. The molecule has 0 aliphatic carbocycles. The molecular formula is C20H17ClN4O3. The number of halogens is 1. The highest BCUT2D eigenvalue weighted by Gasteiger charge is 2.18. The second kappa shape index (κ2) is 7.74. The smallest absolute Gasteiger partial charge is 0.374 e. The van der Waals surface area contributed by atoms with E-state index in [0.717, 1.165) is 5.69 Å². The number of furan rings is 1. The van der Waals surface area contributed by atoms with Crippen LogP contribution in [0.4, 0.5) is 0 Å². The quantitative estimate of drug-likeness (QED) is 0.460. The molecular weight excluding hydrogens is 380 g/mol. The van der Waals surface area contributed by atoms with Crippen molar-refractivity contribution in [3.63, 3.8) is 0 Å². The number of nitrogens with zero attached hydrogens (tertiary/aromatic N) is 4. The number of rotatable bonds is 6. The van der Waals surface area contributed by atoms with Gasteiger partial charge in [-0.25, -0.2) is 9.48 Å². The van der Waals surface area contributed by atoms with E-state index in [1.807, 2.05) is 49.5 Å². The summed E-state index contributed by atoms with van der Waals surface area (Å²) in [4.78, 5) is 12.3. The van der Waals surface area contributed by atoms with Gasteiger partial charge in [0.2, 0.25) is 5.76 Å². The summed E-state index contributed by atoms with van der Waals surface area (Å²) in [6, 6.07) is 14.7. The zero-order valence-corrected chi connectivity index (χ0v) is 15.8. The van der Waals surface area contributed by atoms with Crippen LogP contribution in [-0.2, 0) is 17.9 Å². The molecule has 0 aliphatic rings. The number of carbonyl (C=O) groups is 1. The molecule has 0 bridgehead atoms. The van der Waals surface area contributed by atoms with Crippen molar-refractivity contribution in [1.82, 2.24) is 19.6 Å². The monoisotopic (exact) mass is 396 g/mol. The Bertz CT molecular complexity index is 1080. The van der Waals surface area contributed by atoms with Crippen LogP contribution in [0.5, 0.6) is 0 Å². The third-order valence-electron chi connectivity index (χ3n) is 4.21. The number of hydrogen-bond acceptors (Lipinski definition) is 5. The Morgan fingerprint density at radius 3 is 2.75 bits per heavy atom. The van der Waals surface area contributed by atoms with Crippen LogP contribution in [0.1, 0.15) is 27.6 Å². The molecule has 0 atom stereocenters. The number of hydrogen-bond donors (Lipinski definition) is 0. The number of para-hydroxylation sites is 1. The summed E-state index contributed by atoms with van der Waals surface area (Å²) in [5.41, 5.74) is 2.19. The molecule has 4 aromatic rings. The maximum Gasteiger partial charge on any atom is 0.374 e. The summed E-state index contributed by atoms with van der Waals surface area (Å²) < 4.78 is 14.3. The van der Waals surface area contributed by atoms with E-state index in [1.165, 1.54) is 0 Å². The van der Waals surface area contributed by atoms with Gasteiger partial charge in [0.05, 0.1) is 17.9 Å². The summed E-state index contributed by atoms with van der Waals surface area (Å²) in [6.45, 7) is 2.27. The van der Waals surface area contributed by atoms with E-state index in [4.69, 9.17) is 20.8 Å². The molecule has 28 heavy (non-hydrogen) atoms. The van der Waals surface area contributed by atoms with Crippen molar-refractivity contribution in [2.75, 3.05) is 0 Å². The van der Waals surface area contributed by atoms with Crippen molar-refractivity contribution in [2.45, 2.75) is 20.1 Å². The normalized spacial score (nSPS) is 10.9. The van der Waals surface area contributed by atoms with Gasteiger partial charge < -0.3 is 9.15 Å². The molecule has 0 unspecified atom stereocenters. The first-order valence-corrected chi connectivity index (χ1v) is 9.02. The van der Waals surface area contributed by atoms with Crippen molar-refractivity contribution in [2.24, 2.45) is 0 Å². The standard InChI is InChI=1S/C20H17ClN4O3/c1-14-17(19(21)25(23-14)15-6-3-2-4-7-15)13-27-20(26)18-9-8-16(28-18)12-24-11-5-10-22-24/h2-11H,12-13H2,1H3. The van der Waals surface area contributed by atoms with Gasteiger partial charge >= 0.3 is 5.97 Å². The second-order valence-corrected chi connectivity index (χ2v) is 6.51. The van der Waals surface area contributed by atoms with Gasteiger partial charge in [0, 0.05) is 18.0 Å². The summed E-state index contributed by atoms with van der Waals surface area (Å²) in [5, 5.41) is 8.95. The average Bonchev–Trinajstić information content (AvgIpc) is 3.44. The molecule has 0 spiro atoms. The third-order valence-corrected chi connectivity index (χ3v) is 4.60. The fourth-order valence-electron chi connectivity index (χ4n) is 2.77. The van der Waals surface area contributed by atoms with E-state index in [2.05, 4.69) is 10.2 Å². The number of aryl methyl sites for hydroxylation is 1. The summed E-state index contributed by atoms with van der Waals surface area (Å²) >= 11 is 6.45. The maximum atomic E-state index is 12.3. The lowest BCUT2D eigenvalue weighted by Gasteiger charge is -2.04. The molecule has 4 rings (SSSR count). The van der Waals surface area contributed by atoms with Gasteiger partial charge in [-0.3, -0.25) is 4.68 Å². The van der Waals surface area contributed by atoms with Gasteiger partial charge in [-0.2, -0.15) is 10.2 Å². The van der Waals surface area contributed by atoms with E-state index >= 15 is 0 Å². The molecule has 3 aromatic heterocycles. The van der Waals surface area contributed by atoms with Gasteiger partial charge in [0.15, 0.2) is 0 Å². The lowest BCUT2D eigenvalue weighted by molar-refractivity contribution is 0.0433. The van der Waals surface area contributed by atoms with E-state index in [-0.39, 0.29) is 12.4 Å². The maximum absolute atomic E-state index is 12.3. The van der Waals surface area contributed by atoms with Crippen LogP contribution < -0.4 is 0 Å². The fraction of sp³-hybridized carbons (Fsp3) is 0.150. The molecule has 0 saturated heterocycles. The summed E-state index contributed by atoms with van der Waals surface area (Å²) in [5.74, 6) is 0.183. The lowest BCUT2D eigenvalue weighted by atomic mass is 10.3. The first kappa shape index (κ1) is 18.1. The Hall–Kier alpha value is -3.32. The predicted molar refractivity (Wildman–Crippen MR) is 102 cm³/mol. The summed E-state index contributed by atoms with van der Waals surface area (Å²) in [7, 11) is 0. The molecule has 142 valence electrons. The lowest BCUT2D eigenvalue weighted by Crippen LogP contribution is -2.05. The largest absolute Gasteiger partial charge is 0.455 e. The second-order valence-electron chi connectivity index (χ2n) is 6.15. The minimum absolute atomic E-state index is 0.00548. The van der Waals surface area contributed by atoms with Gasteiger partial charge in [-0.05, 0) is 37.3 Å². The van der Waals surface area contributed by atoms with Crippen LogP contribution in [0.25, 0.3) is 5.69 Å². The number of esters is 1. The van der Waals surface area contributed by atoms with E-state index in [9.17, 15) is 4.79 Å². The number of carbonyl (C=O) groups excluding carboxylic acids is 1. The molecule has 8 heteroatoms. The number of benzene rings is 1. The van der Waals surface area contributed by atoms with Crippen LogP contribution in [0.15, 0.2) is 65.3 Å². The van der Waals surface area contributed by atoms with Crippen molar-refractivity contribution >= 4 is 17.6 Å². The topological polar surface area (TPSA) is 75.1 Å². The van der Waals surface area contributed by atoms with Crippen molar-refractivity contribution in [3.05, 3.63) is 88.9 Å². The van der Waals surface area contributed by atoms with Crippen molar-refractivity contribution in [1.29, 1.82) is 0 Å². The van der Waals surface area contributed by atoms with Crippen LogP contribution in [0, 0.1) is 6.92 Å². The first-order valence-electron chi connectivity index (χ1n) is 8.64. The number of aromatic nitrogens is 4. The molecule has 0 radical (unpaired) electrons. The summed E-state index contributed by atoms with van der Waals surface area (Å²) in [6.07, 6.45) is 3.50. The van der Waals surface area contributed by atoms with Gasteiger partial charge in [-0.15, -0.1) is 0 Å². The van der Waals surface area contributed by atoms with Crippen molar-refractivity contribution < 1.29 is 13.9 Å². The highest BCUT2D eigenvalue weighted by atomic mass is 35.5. The Kier molecular flexibility index (Phi) is 4.99. The minimum Gasteiger partial charge on any atom is -0.455 e. The van der Waals surface area contributed by atoms with Crippen LogP contribution in [0.2, 0.25) is 5.15 Å². The van der Waals surface area contributed by atoms with Crippen LogP contribution in [-0.4, -0.2) is 25.5 Å². The molecule has 7 nitrogen and oxygen atoms in total. The first-order chi connectivity index (χ1) is 13.6. The SMILES string of the molecule is Cc1nn(-c2ccccc2)c(Cl)c1COC(=O)c1ccc(Cn2cccn2)o1. The van der Waals surface area contributed by atoms with Gasteiger partial charge in [0.1, 0.15) is 17.5 Å². The minimum atomic E-state index is -0.561. The molecule has 0 fully saturated rings. The van der Waals surface area contributed by atoms with Gasteiger partial charge in [0.25, 0.3) is 0 Å². The highest BCUT2D eigenvalue weighted by Crippen LogP contribution is 2.24. The van der Waals surface area contributed by atoms with E-state index < -0.39 is 5.97 Å². The highest BCUT2D eigenvalue weighted by molar-refractivity contribution is 6.30. The van der Waals surface area contributed by atoms with E-state index in [1.54, 1.807) is 27.7 Å². The molecule has 3 heterocycles. The van der Waals surface area contributed by atoms with Gasteiger partial charge in [-0.1, -0.05) is 29.8 Å². The Morgan fingerprint density at radius 2 is 2.00 bits per heavy atom. The Labute approximate surface area is 166 Å². The molecule has 0 aliphatic heterocycles. The average molecular weight is 397 g/mol. The van der Waals surface area contributed by atoms with Crippen LogP contribution in [0.3, 0.4) is 0 Å². The zero-order valence-electron chi connectivity index (χ0n) is 15.1. The Balaban J connectivity index is 1.44. The molecule has 0 N–H and O–H groups in total. The Morgan fingerprint density at radius 1 is 1.18 bits per heavy atom. The third kappa shape index (κ3) is 3.70. The fourth-order valence-corrected chi connectivity index (χ4v) is 3.10. The van der Waals surface area contributed by atoms with Crippen molar-refractivity contribution in [3.8, 4) is 5.69 Å². The predicted octanol–water partition coefficient (Wildman–Crippen LogP) is 4.03.